The Morgan fingerprint density at radius 2 is 1.69 bits per heavy atom. The quantitative estimate of drug-likeness (QED) is 0.189. The minimum absolute atomic E-state index is 0. The van der Waals surface area contributed by atoms with E-state index in [2.05, 4.69) is 5.32 Å². The number of anilines is 2. The fraction of sp³-hybridized carbons (Fsp3) is 0.533. The van der Waals surface area contributed by atoms with Gasteiger partial charge >= 0.3 is 0 Å². The van der Waals surface area contributed by atoms with Gasteiger partial charge in [0.05, 0.1) is 23.3 Å². The van der Waals surface area contributed by atoms with Crippen molar-refractivity contribution in [2.24, 2.45) is 17.6 Å². The van der Waals surface area contributed by atoms with Crippen LogP contribution in [0.2, 0.25) is 0 Å². The molecule has 1 aromatic carbocycles. The molecule has 45 heavy (non-hydrogen) atoms. The van der Waals surface area contributed by atoms with Gasteiger partial charge in [0.1, 0.15) is 17.1 Å². The average Bonchev–Trinajstić information content (AvgIpc) is 3.46. The topological polar surface area (TPSA) is 197 Å². The number of Topliss-reactive ketones (excluding diaryl/α,β-unsaturated/α-hetero) is 2. The second-order valence-corrected chi connectivity index (χ2v) is 12.4. The lowest BCUT2D eigenvalue weighted by Crippen LogP contribution is -2.63. The summed E-state index contributed by atoms with van der Waals surface area (Å²) in [5.74, 6) is -7.59. The number of halogens is 2. The molecule has 5 rings (SSSR count). The summed E-state index contributed by atoms with van der Waals surface area (Å²) in [6.07, 6.45) is 2.11. The maximum Gasteiger partial charge on any atom is 0.255 e. The van der Waals surface area contributed by atoms with Gasteiger partial charge in [-0.05, 0) is 77.3 Å². The third-order valence-corrected chi connectivity index (χ3v) is 9.51. The highest BCUT2D eigenvalue weighted by Gasteiger charge is 2.63. The number of likely N-dealkylation sites (N-methyl/N-ethyl adjacent to an activating group) is 1. The Hall–Kier alpha value is -3.36. The monoisotopic (exact) mass is 669 g/mol. The van der Waals surface area contributed by atoms with Crippen LogP contribution in [0, 0.1) is 11.8 Å². The zero-order valence-corrected chi connectivity index (χ0v) is 27.4. The molecule has 0 bridgehead atoms. The number of likely N-dealkylation sites (tertiary alicyclic amines) is 1. The lowest BCUT2D eigenvalue weighted by Gasteiger charge is -2.50. The lowest BCUT2D eigenvalue weighted by atomic mass is 9.58. The highest BCUT2D eigenvalue weighted by atomic mass is 35.5. The Balaban J connectivity index is 0.00000276. The van der Waals surface area contributed by atoms with Crippen molar-refractivity contribution in [3.63, 3.8) is 0 Å². The molecule has 0 spiro atoms. The van der Waals surface area contributed by atoms with Gasteiger partial charge in [-0.25, -0.2) is 0 Å². The maximum absolute atomic E-state index is 14.2. The van der Waals surface area contributed by atoms with Crippen LogP contribution >= 0.6 is 24.8 Å². The molecule has 4 aliphatic rings. The number of aromatic hydroxyl groups is 1. The second-order valence-electron chi connectivity index (χ2n) is 12.4. The van der Waals surface area contributed by atoms with Crippen molar-refractivity contribution in [1.29, 1.82) is 0 Å². The number of nitrogens with zero attached hydrogens (tertiary/aromatic N) is 3. The van der Waals surface area contributed by atoms with E-state index >= 15 is 0 Å². The smallest absolute Gasteiger partial charge is 0.255 e. The zero-order chi connectivity index (χ0) is 31.7. The number of carbonyl (C=O) groups excluding carboxylic acids is 4. The van der Waals surface area contributed by atoms with Gasteiger partial charge in [0.15, 0.2) is 17.1 Å². The van der Waals surface area contributed by atoms with Crippen molar-refractivity contribution in [2.75, 3.05) is 51.5 Å². The molecule has 0 radical (unpaired) electrons. The summed E-state index contributed by atoms with van der Waals surface area (Å²) in [4.78, 5) is 58.3. The molecule has 2 amide bonds. The molecule has 248 valence electrons. The molecule has 3 aliphatic carbocycles. The molecule has 1 saturated heterocycles. The predicted octanol–water partition coefficient (Wildman–Crippen LogP) is 1.45. The van der Waals surface area contributed by atoms with E-state index in [0.29, 0.717) is 11.3 Å². The van der Waals surface area contributed by atoms with E-state index in [1.54, 1.807) is 46.1 Å². The van der Waals surface area contributed by atoms with Gasteiger partial charge in [-0.3, -0.25) is 29.0 Å². The lowest BCUT2D eigenvalue weighted by molar-refractivity contribution is -0.148. The number of amides is 2. The zero-order valence-electron chi connectivity index (χ0n) is 25.8. The van der Waals surface area contributed by atoms with E-state index in [0.717, 1.165) is 25.9 Å². The number of allylic oxidation sites excluding steroid dienone is 1. The van der Waals surface area contributed by atoms with Gasteiger partial charge in [0, 0.05) is 31.3 Å². The third-order valence-electron chi connectivity index (χ3n) is 9.51. The molecule has 1 aliphatic heterocycles. The van der Waals surface area contributed by atoms with E-state index in [-0.39, 0.29) is 60.4 Å². The highest BCUT2D eigenvalue weighted by Crippen LogP contribution is 2.54. The van der Waals surface area contributed by atoms with E-state index in [4.69, 9.17) is 5.73 Å². The van der Waals surface area contributed by atoms with E-state index < -0.39 is 69.8 Å². The summed E-state index contributed by atoms with van der Waals surface area (Å²) in [5.41, 5.74) is 2.46. The Bertz CT molecular complexity index is 1500. The Morgan fingerprint density at radius 1 is 1.09 bits per heavy atom. The number of aliphatic hydroxyl groups is 3. The van der Waals surface area contributed by atoms with Gasteiger partial charge in [-0.15, -0.1) is 24.8 Å². The number of hydrogen-bond acceptors (Lipinski definition) is 11. The molecule has 0 aromatic heterocycles. The molecule has 15 heteroatoms. The van der Waals surface area contributed by atoms with Crippen LogP contribution in [0.1, 0.15) is 42.1 Å². The van der Waals surface area contributed by atoms with Gasteiger partial charge in [0.2, 0.25) is 11.7 Å². The molecule has 1 aromatic rings. The van der Waals surface area contributed by atoms with Gasteiger partial charge in [0.25, 0.3) is 5.91 Å². The highest BCUT2D eigenvalue weighted by molar-refractivity contribution is 6.25. The normalized spacial score (nSPS) is 26.8. The molecular weight excluding hydrogens is 629 g/mol. The van der Waals surface area contributed by atoms with Crippen molar-refractivity contribution >= 4 is 59.6 Å². The molecule has 7 N–H and O–H groups in total. The average molecular weight is 671 g/mol. The summed E-state index contributed by atoms with van der Waals surface area (Å²) in [7, 11) is 6.67. The molecule has 1 fully saturated rings. The number of primary amides is 1. The number of rotatable bonds is 6. The van der Waals surface area contributed by atoms with Crippen molar-refractivity contribution in [3.05, 3.63) is 39.9 Å². The van der Waals surface area contributed by atoms with Crippen molar-refractivity contribution in [1.82, 2.24) is 9.80 Å². The van der Waals surface area contributed by atoms with E-state index in [9.17, 15) is 39.6 Å². The molecule has 0 saturated carbocycles. The van der Waals surface area contributed by atoms with Gasteiger partial charge in [-0.1, -0.05) is 0 Å². The SMILES string of the molecule is CC(C(=O)Nc1cc(N(C)C)c2c(c1O)C(=O)C1=C(O)[C@]3(O)C(=O)C(C(N)=O)=C(O)[C@@H](N(C)C)C3CC1C2)N1CCCC1.Cl.Cl. The Morgan fingerprint density at radius 3 is 2.22 bits per heavy atom. The Labute approximate surface area is 273 Å². The molecule has 5 atom stereocenters. The summed E-state index contributed by atoms with van der Waals surface area (Å²) < 4.78 is 0. The molecule has 13 nitrogen and oxygen atoms in total. The van der Waals surface area contributed by atoms with Crippen LogP contribution < -0.4 is 16.0 Å². The first-order valence-electron chi connectivity index (χ1n) is 14.4. The van der Waals surface area contributed by atoms with Crippen LogP contribution in [-0.2, 0) is 20.8 Å². The molecule has 1 heterocycles. The Kier molecular flexibility index (Phi) is 10.3. The largest absolute Gasteiger partial charge is 0.510 e. The minimum Gasteiger partial charge on any atom is -0.510 e. The van der Waals surface area contributed by atoms with Crippen molar-refractivity contribution in [2.45, 2.75) is 50.3 Å². The summed E-state index contributed by atoms with van der Waals surface area (Å²) >= 11 is 0. The standard InChI is InChI=1S/C30H39N5O8.2ClH/c1-13(35-8-6-7-9-35)29(42)32-17-12-18(33(2)3)15-10-14-11-16-22(34(4)5)25(38)21(28(31)41)27(40)30(16,43)26(39)19(14)24(37)20(15)23(17)36;;/h12-14,16,22,36,38-39,43H,6-11H2,1-5H3,(H2,31,41)(H,32,42);2*1H/t13?,14?,16?,22-,30-;;/m0../s1. The van der Waals surface area contributed by atoms with E-state index in [1.807, 2.05) is 4.90 Å². The number of ketones is 2. The number of benzene rings is 1. The van der Waals surface area contributed by atoms with Crippen LogP contribution in [0.3, 0.4) is 0 Å². The van der Waals surface area contributed by atoms with E-state index in [1.165, 1.54) is 4.90 Å². The first-order chi connectivity index (χ1) is 20.1. The maximum atomic E-state index is 14.2. The van der Waals surface area contributed by atoms with Crippen LogP contribution in [0.5, 0.6) is 5.75 Å². The summed E-state index contributed by atoms with van der Waals surface area (Å²) in [6.45, 7) is 3.33. The number of hydrogen-bond donors (Lipinski definition) is 6. The summed E-state index contributed by atoms with van der Waals surface area (Å²) in [5, 5.41) is 48.4. The predicted molar refractivity (Wildman–Crippen MR) is 171 cm³/mol. The van der Waals surface area contributed by atoms with Gasteiger partial charge in [-0.2, -0.15) is 0 Å². The van der Waals surface area contributed by atoms with Crippen LogP contribution in [-0.4, -0.2) is 113 Å². The van der Waals surface area contributed by atoms with Crippen molar-refractivity contribution in [3.8, 4) is 5.75 Å². The first-order valence-corrected chi connectivity index (χ1v) is 14.4. The number of carbonyl (C=O) groups is 4. The van der Waals surface area contributed by atoms with Crippen molar-refractivity contribution < 1.29 is 39.6 Å². The number of nitrogens with two attached hydrogens (primary N) is 1. The molecule has 3 unspecified atom stereocenters. The number of phenols is 1. The third kappa shape index (κ3) is 5.44. The number of phenolic OH excluding ortho intramolecular Hbond substituents is 1. The van der Waals surface area contributed by atoms with Crippen LogP contribution in [0.25, 0.3) is 0 Å². The summed E-state index contributed by atoms with van der Waals surface area (Å²) in [6, 6.07) is 0.0647. The van der Waals surface area contributed by atoms with Crippen LogP contribution in [0.4, 0.5) is 11.4 Å². The fourth-order valence-electron chi connectivity index (χ4n) is 7.33. The number of aliphatic hydroxyl groups excluding tert-OH is 2. The number of nitrogens with one attached hydrogen (secondary N) is 1. The van der Waals surface area contributed by atoms with Gasteiger partial charge < -0.3 is 36.4 Å². The molecular formula is C30H41Cl2N5O8. The first kappa shape index (κ1) is 36.1. The fourth-order valence-corrected chi connectivity index (χ4v) is 7.33. The van der Waals surface area contributed by atoms with Crippen LogP contribution in [0.15, 0.2) is 28.7 Å². The second kappa shape index (κ2) is 12.8. The minimum atomic E-state index is -2.72. The number of fused-ring (bicyclic) bond motifs is 3.